The van der Waals surface area contributed by atoms with Gasteiger partial charge >= 0.3 is 0 Å². The van der Waals surface area contributed by atoms with Gasteiger partial charge in [0.15, 0.2) is 5.16 Å². The first kappa shape index (κ1) is 21.0. The highest BCUT2D eigenvalue weighted by Gasteiger charge is 2.21. The summed E-state index contributed by atoms with van der Waals surface area (Å²) >= 11 is 1.26. The van der Waals surface area contributed by atoms with Crippen LogP contribution < -0.4 is 5.32 Å². The van der Waals surface area contributed by atoms with Gasteiger partial charge < -0.3 is 5.32 Å². The van der Waals surface area contributed by atoms with E-state index >= 15 is 0 Å². The summed E-state index contributed by atoms with van der Waals surface area (Å²) in [5, 5.41) is 10.9. The number of sulfonamides is 1. The number of carbonyl (C=O) groups is 1. The molecule has 10 heteroatoms. The molecular formula is C19H21N5O3S2. The van der Waals surface area contributed by atoms with E-state index in [2.05, 4.69) is 15.5 Å². The second kappa shape index (κ2) is 8.76. The monoisotopic (exact) mass is 431 g/mol. The summed E-state index contributed by atoms with van der Waals surface area (Å²) < 4.78 is 27.5. The first-order chi connectivity index (χ1) is 13.8. The Balaban J connectivity index is 1.72. The molecule has 0 saturated heterocycles. The van der Waals surface area contributed by atoms with Crippen molar-refractivity contribution in [3.05, 3.63) is 60.9 Å². The molecule has 2 aromatic carbocycles. The van der Waals surface area contributed by atoms with Gasteiger partial charge in [0.25, 0.3) is 0 Å². The number of nitrogens with one attached hydrogen (secondary N) is 1. The van der Waals surface area contributed by atoms with Gasteiger partial charge in [-0.2, -0.15) is 0 Å². The standard InChI is InChI=1S/C19H21N5O3S2/c1-14(28-19-22-20-13-24(19)16-9-5-4-6-10-16)18(25)21-15-8-7-11-17(12-15)29(26,27)23(2)3/h4-14H,1-3H3,(H,21,25). The maximum absolute atomic E-state index is 12.6. The van der Waals surface area contributed by atoms with Crippen molar-refractivity contribution >= 4 is 33.4 Å². The Morgan fingerprint density at radius 1 is 1.14 bits per heavy atom. The lowest BCUT2D eigenvalue weighted by Crippen LogP contribution is -2.24. The molecule has 0 aliphatic rings. The molecule has 1 aromatic heterocycles. The predicted octanol–water partition coefficient (Wildman–Crippen LogP) is 2.64. The van der Waals surface area contributed by atoms with Crippen LogP contribution in [0.5, 0.6) is 0 Å². The van der Waals surface area contributed by atoms with Gasteiger partial charge in [-0.05, 0) is 37.3 Å². The average molecular weight is 432 g/mol. The van der Waals surface area contributed by atoms with Crippen LogP contribution in [0.2, 0.25) is 0 Å². The van der Waals surface area contributed by atoms with E-state index in [1.165, 1.54) is 38.0 Å². The van der Waals surface area contributed by atoms with E-state index in [9.17, 15) is 13.2 Å². The summed E-state index contributed by atoms with van der Waals surface area (Å²) in [6.07, 6.45) is 1.60. The Kier molecular flexibility index (Phi) is 6.36. The largest absolute Gasteiger partial charge is 0.325 e. The van der Waals surface area contributed by atoms with Gasteiger partial charge in [-0.15, -0.1) is 10.2 Å². The smallest absolute Gasteiger partial charge is 0.242 e. The molecule has 0 spiro atoms. The van der Waals surface area contributed by atoms with E-state index in [1.807, 2.05) is 30.3 Å². The quantitative estimate of drug-likeness (QED) is 0.578. The second-order valence-corrected chi connectivity index (χ2v) is 9.84. The van der Waals surface area contributed by atoms with Gasteiger partial charge in [-0.1, -0.05) is 36.0 Å². The third-order valence-electron chi connectivity index (χ3n) is 4.08. The predicted molar refractivity (Wildman–Crippen MR) is 113 cm³/mol. The number of nitrogens with zero attached hydrogens (tertiary/aromatic N) is 4. The molecule has 3 rings (SSSR count). The highest BCUT2D eigenvalue weighted by molar-refractivity contribution is 8.00. The number of hydrogen-bond donors (Lipinski definition) is 1. The van der Waals surface area contributed by atoms with Crippen molar-refractivity contribution in [3.8, 4) is 5.69 Å². The maximum atomic E-state index is 12.6. The minimum Gasteiger partial charge on any atom is -0.325 e. The van der Waals surface area contributed by atoms with Crippen LogP contribution in [0.15, 0.2) is 71.0 Å². The molecule has 0 fully saturated rings. The molecule has 152 valence electrons. The number of thioether (sulfide) groups is 1. The molecule has 1 unspecified atom stereocenters. The Labute approximate surface area is 174 Å². The van der Waals surface area contributed by atoms with Gasteiger partial charge in [0.1, 0.15) is 6.33 Å². The molecule has 0 radical (unpaired) electrons. The molecule has 3 aromatic rings. The fourth-order valence-electron chi connectivity index (χ4n) is 2.47. The number of aromatic nitrogens is 3. The van der Waals surface area contributed by atoms with Gasteiger partial charge in [-0.25, -0.2) is 12.7 Å². The molecule has 1 N–H and O–H groups in total. The van der Waals surface area contributed by atoms with Crippen molar-refractivity contribution in [2.75, 3.05) is 19.4 Å². The van der Waals surface area contributed by atoms with E-state index < -0.39 is 15.3 Å². The van der Waals surface area contributed by atoms with E-state index in [-0.39, 0.29) is 10.8 Å². The van der Waals surface area contributed by atoms with Crippen molar-refractivity contribution in [1.82, 2.24) is 19.1 Å². The maximum Gasteiger partial charge on any atom is 0.242 e. The fraction of sp³-hybridized carbons (Fsp3) is 0.211. The van der Waals surface area contributed by atoms with Gasteiger partial charge in [0.2, 0.25) is 15.9 Å². The second-order valence-electron chi connectivity index (χ2n) is 6.38. The number of rotatable bonds is 7. The van der Waals surface area contributed by atoms with Crippen LogP contribution in [0, 0.1) is 0 Å². The molecule has 8 nitrogen and oxygen atoms in total. The molecule has 1 heterocycles. The van der Waals surface area contributed by atoms with Crippen LogP contribution in [0.25, 0.3) is 5.69 Å². The van der Waals surface area contributed by atoms with Crippen LogP contribution in [-0.4, -0.2) is 52.7 Å². The summed E-state index contributed by atoms with van der Waals surface area (Å²) in [5.41, 5.74) is 1.31. The molecule has 29 heavy (non-hydrogen) atoms. The van der Waals surface area contributed by atoms with E-state index in [0.29, 0.717) is 10.8 Å². The summed E-state index contributed by atoms with van der Waals surface area (Å²) in [6.45, 7) is 1.75. The summed E-state index contributed by atoms with van der Waals surface area (Å²) in [7, 11) is -0.656. The Bertz CT molecular complexity index is 1100. The summed E-state index contributed by atoms with van der Waals surface area (Å²) in [6, 6.07) is 15.8. The lowest BCUT2D eigenvalue weighted by Gasteiger charge is -2.14. The first-order valence-electron chi connectivity index (χ1n) is 8.74. The SMILES string of the molecule is CC(Sc1nncn1-c1ccccc1)C(=O)Nc1cccc(S(=O)(=O)N(C)C)c1. The van der Waals surface area contributed by atoms with E-state index in [1.54, 1.807) is 30.0 Å². The molecular weight excluding hydrogens is 410 g/mol. The highest BCUT2D eigenvalue weighted by atomic mass is 32.2. The summed E-state index contributed by atoms with van der Waals surface area (Å²) in [4.78, 5) is 12.7. The van der Waals surface area contributed by atoms with Gasteiger partial charge in [0, 0.05) is 25.5 Å². The Hall–Kier alpha value is -2.69. The number of anilines is 1. The highest BCUT2D eigenvalue weighted by Crippen LogP contribution is 2.25. The van der Waals surface area contributed by atoms with Crippen molar-refractivity contribution in [3.63, 3.8) is 0 Å². The minimum atomic E-state index is -3.58. The third-order valence-corrected chi connectivity index (χ3v) is 6.95. The number of carbonyl (C=O) groups excluding carboxylic acids is 1. The van der Waals surface area contributed by atoms with Gasteiger partial charge in [0.05, 0.1) is 10.1 Å². The zero-order valence-corrected chi connectivity index (χ0v) is 17.8. The minimum absolute atomic E-state index is 0.115. The molecule has 0 aliphatic carbocycles. The molecule has 0 bridgehead atoms. The molecule has 1 amide bonds. The van der Waals surface area contributed by atoms with Crippen LogP contribution in [-0.2, 0) is 14.8 Å². The van der Waals surface area contributed by atoms with E-state index in [0.717, 1.165) is 9.99 Å². The fourth-order valence-corrected chi connectivity index (χ4v) is 4.26. The number of para-hydroxylation sites is 1. The normalized spacial score (nSPS) is 12.7. The van der Waals surface area contributed by atoms with Crippen molar-refractivity contribution < 1.29 is 13.2 Å². The van der Waals surface area contributed by atoms with E-state index in [4.69, 9.17) is 0 Å². The number of amides is 1. The number of hydrogen-bond acceptors (Lipinski definition) is 6. The third kappa shape index (κ3) is 4.84. The van der Waals surface area contributed by atoms with Crippen LogP contribution in [0.3, 0.4) is 0 Å². The topological polar surface area (TPSA) is 97.2 Å². The molecule has 0 aliphatic heterocycles. The lowest BCUT2D eigenvalue weighted by molar-refractivity contribution is -0.115. The van der Waals surface area contributed by atoms with Gasteiger partial charge in [-0.3, -0.25) is 9.36 Å². The van der Waals surface area contributed by atoms with Crippen LogP contribution in [0.4, 0.5) is 5.69 Å². The van der Waals surface area contributed by atoms with Crippen molar-refractivity contribution in [2.24, 2.45) is 0 Å². The zero-order chi connectivity index (χ0) is 21.0. The van der Waals surface area contributed by atoms with Crippen molar-refractivity contribution in [1.29, 1.82) is 0 Å². The summed E-state index contributed by atoms with van der Waals surface area (Å²) in [5.74, 6) is -0.267. The average Bonchev–Trinajstić information content (AvgIpc) is 3.16. The first-order valence-corrected chi connectivity index (χ1v) is 11.1. The molecule has 0 saturated carbocycles. The lowest BCUT2D eigenvalue weighted by atomic mass is 10.3. The Morgan fingerprint density at radius 2 is 1.86 bits per heavy atom. The zero-order valence-electron chi connectivity index (χ0n) is 16.2. The van der Waals surface area contributed by atoms with Crippen molar-refractivity contribution in [2.45, 2.75) is 22.2 Å². The Morgan fingerprint density at radius 3 is 2.55 bits per heavy atom. The van der Waals surface area contributed by atoms with Crippen LogP contribution in [0.1, 0.15) is 6.92 Å². The molecule has 1 atom stereocenters. The van der Waals surface area contributed by atoms with Crippen LogP contribution >= 0.6 is 11.8 Å². The number of benzene rings is 2.